The number of halogens is 1. The molecule has 0 aliphatic heterocycles. The van der Waals surface area contributed by atoms with Crippen LogP contribution in [0.1, 0.15) is 19.4 Å². The van der Waals surface area contributed by atoms with E-state index in [0.29, 0.717) is 28.0 Å². The molecule has 0 saturated heterocycles. The minimum atomic E-state index is -0.657. The van der Waals surface area contributed by atoms with Crippen LogP contribution in [0.4, 0.5) is 10.5 Å². The molecule has 0 unspecified atom stereocenters. The van der Waals surface area contributed by atoms with Gasteiger partial charge in [0.05, 0.1) is 32.6 Å². The van der Waals surface area contributed by atoms with Gasteiger partial charge in [-0.2, -0.15) is 0 Å². The van der Waals surface area contributed by atoms with Crippen molar-refractivity contribution >= 4 is 23.3 Å². The number of benzene rings is 2. The molecule has 7 heteroatoms. The number of amides is 2. The summed E-state index contributed by atoms with van der Waals surface area (Å²) in [6.45, 7) is 3.78. The molecule has 0 bridgehead atoms. The summed E-state index contributed by atoms with van der Waals surface area (Å²) in [5.41, 5.74) is 0.694. The zero-order valence-electron chi connectivity index (χ0n) is 15.5. The van der Waals surface area contributed by atoms with E-state index in [0.717, 1.165) is 5.56 Å². The third-order valence-electron chi connectivity index (χ3n) is 3.94. The molecule has 0 spiro atoms. The van der Waals surface area contributed by atoms with Crippen molar-refractivity contribution in [3.8, 4) is 17.2 Å². The summed E-state index contributed by atoms with van der Waals surface area (Å²) < 4.78 is 15.8. The van der Waals surface area contributed by atoms with Crippen LogP contribution in [0, 0.1) is 0 Å². The van der Waals surface area contributed by atoms with Crippen molar-refractivity contribution in [3.63, 3.8) is 0 Å². The molecule has 0 aliphatic rings. The number of anilines is 1. The summed E-state index contributed by atoms with van der Waals surface area (Å²) in [4.78, 5) is 12.5. The Balaban J connectivity index is 2.18. The van der Waals surface area contributed by atoms with E-state index in [4.69, 9.17) is 25.8 Å². The van der Waals surface area contributed by atoms with Gasteiger partial charge in [-0.1, -0.05) is 17.7 Å². The van der Waals surface area contributed by atoms with E-state index in [1.54, 1.807) is 38.5 Å². The van der Waals surface area contributed by atoms with Crippen LogP contribution in [-0.4, -0.2) is 27.4 Å². The molecule has 2 rings (SSSR count). The second-order valence-corrected chi connectivity index (χ2v) is 6.55. The van der Waals surface area contributed by atoms with Gasteiger partial charge in [0, 0.05) is 5.02 Å². The number of methoxy groups -OCH3 is 3. The maximum Gasteiger partial charge on any atom is 0.320 e. The number of carbonyl (C=O) groups is 1. The maximum atomic E-state index is 12.5. The van der Waals surface area contributed by atoms with Gasteiger partial charge in [0.15, 0.2) is 11.5 Å². The topological polar surface area (TPSA) is 68.8 Å². The van der Waals surface area contributed by atoms with Gasteiger partial charge >= 0.3 is 6.03 Å². The first-order chi connectivity index (χ1) is 12.3. The fraction of sp³-hybridized carbons (Fsp3) is 0.316. The first-order valence-corrected chi connectivity index (χ1v) is 8.33. The number of hydrogen-bond acceptors (Lipinski definition) is 4. The van der Waals surface area contributed by atoms with Crippen molar-refractivity contribution in [1.29, 1.82) is 0 Å². The highest BCUT2D eigenvalue weighted by Gasteiger charge is 2.25. The molecular formula is C19H23ClN2O4. The summed E-state index contributed by atoms with van der Waals surface area (Å²) in [6, 6.07) is 10.1. The fourth-order valence-corrected chi connectivity index (χ4v) is 2.68. The molecule has 0 radical (unpaired) electrons. The second-order valence-electron chi connectivity index (χ2n) is 6.12. The zero-order valence-corrected chi connectivity index (χ0v) is 16.2. The molecule has 2 N–H and O–H groups in total. The lowest BCUT2D eigenvalue weighted by molar-refractivity contribution is 0.241. The number of hydrogen-bond donors (Lipinski definition) is 2. The number of urea groups is 1. The van der Waals surface area contributed by atoms with Crippen LogP contribution >= 0.6 is 11.6 Å². The van der Waals surface area contributed by atoms with Crippen LogP contribution in [0.2, 0.25) is 5.02 Å². The third kappa shape index (κ3) is 4.52. The van der Waals surface area contributed by atoms with Crippen molar-refractivity contribution in [1.82, 2.24) is 5.32 Å². The molecule has 2 amide bonds. The van der Waals surface area contributed by atoms with E-state index in [2.05, 4.69) is 10.6 Å². The van der Waals surface area contributed by atoms with Crippen molar-refractivity contribution in [3.05, 3.63) is 47.0 Å². The van der Waals surface area contributed by atoms with E-state index in [1.807, 2.05) is 26.0 Å². The van der Waals surface area contributed by atoms with Gasteiger partial charge in [-0.3, -0.25) is 0 Å². The Hall–Kier alpha value is -2.60. The second kappa shape index (κ2) is 8.19. The molecule has 26 heavy (non-hydrogen) atoms. The summed E-state index contributed by atoms with van der Waals surface area (Å²) in [6.07, 6.45) is 0. The SMILES string of the molecule is COc1ccc(Cl)cc1NC(=O)NC(C)(C)c1ccc(OC)c(OC)c1. The highest BCUT2D eigenvalue weighted by Crippen LogP contribution is 2.32. The summed E-state index contributed by atoms with van der Waals surface area (Å²) in [5.74, 6) is 1.74. The predicted octanol–water partition coefficient (Wildman–Crippen LogP) is 4.42. The number of rotatable bonds is 6. The standard InChI is InChI=1S/C19H23ClN2O4/c1-19(2,12-6-8-16(25-4)17(10-12)26-5)22-18(23)21-14-11-13(20)7-9-15(14)24-3/h6-11H,1-5H3,(H2,21,22,23). The number of carbonyl (C=O) groups excluding carboxylic acids is 1. The average Bonchev–Trinajstić information content (AvgIpc) is 2.60. The molecule has 0 heterocycles. The van der Waals surface area contributed by atoms with Crippen molar-refractivity contribution in [2.24, 2.45) is 0 Å². The van der Waals surface area contributed by atoms with E-state index in [9.17, 15) is 4.79 Å². The molecule has 0 aromatic heterocycles. The van der Waals surface area contributed by atoms with Crippen LogP contribution in [-0.2, 0) is 5.54 Å². The minimum Gasteiger partial charge on any atom is -0.495 e. The Morgan fingerprint density at radius 2 is 1.54 bits per heavy atom. The molecule has 0 saturated carbocycles. The maximum absolute atomic E-state index is 12.5. The highest BCUT2D eigenvalue weighted by atomic mass is 35.5. The van der Waals surface area contributed by atoms with Gasteiger partial charge in [-0.15, -0.1) is 0 Å². The fourth-order valence-electron chi connectivity index (χ4n) is 2.51. The molecule has 0 aliphatic carbocycles. The van der Waals surface area contributed by atoms with Crippen LogP contribution in [0.3, 0.4) is 0 Å². The Morgan fingerprint density at radius 3 is 2.15 bits per heavy atom. The summed E-state index contributed by atoms with van der Waals surface area (Å²) in [7, 11) is 4.67. The largest absolute Gasteiger partial charge is 0.495 e. The van der Waals surface area contributed by atoms with Crippen LogP contribution in [0.5, 0.6) is 17.2 Å². The van der Waals surface area contributed by atoms with E-state index >= 15 is 0 Å². The first kappa shape index (κ1) is 19.7. The molecule has 0 fully saturated rings. The summed E-state index contributed by atoms with van der Waals surface area (Å²) >= 11 is 6.00. The van der Waals surface area contributed by atoms with Crippen LogP contribution in [0.25, 0.3) is 0 Å². The third-order valence-corrected chi connectivity index (χ3v) is 4.18. The molecule has 0 atom stereocenters. The monoisotopic (exact) mass is 378 g/mol. The highest BCUT2D eigenvalue weighted by molar-refractivity contribution is 6.31. The number of ether oxygens (including phenoxy) is 3. The van der Waals surface area contributed by atoms with Crippen molar-refractivity contribution < 1.29 is 19.0 Å². The smallest absolute Gasteiger partial charge is 0.320 e. The van der Waals surface area contributed by atoms with Gasteiger partial charge in [0.1, 0.15) is 5.75 Å². The van der Waals surface area contributed by atoms with Gasteiger partial charge in [0.25, 0.3) is 0 Å². The average molecular weight is 379 g/mol. The van der Waals surface area contributed by atoms with E-state index in [1.165, 1.54) is 7.11 Å². The lowest BCUT2D eigenvalue weighted by Crippen LogP contribution is -2.43. The van der Waals surface area contributed by atoms with Crippen molar-refractivity contribution in [2.45, 2.75) is 19.4 Å². The lowest BCUT2D eigenvalue weighted by atomic mass is 9.94. The lowest BCUT2D eigenvalue weighted by Gasteiger charge is -2.28. The first-order valence-electron chi connectivity index (χ1n) is 7.96. The molecule has 2 aromatic carbocycles. The van der Waals surface area contributed by atoms with Gasteiger partial charge < -0.3 is 24.8 Å². The number of nitrogens with one attached hydrogen (secondary N) is 2. The van der Waals surface area contributed by atoms with Gasteiger partial charge in [-0.25, -0.2) is 4.79 Å². The predicted molar refractivity (Wildman–Crippen MR) is 103 cm³/mol. The minimum absolute atomic E-state index is 0.384. The van der Waals surface area contributed by atoms with Crippen LogP contribution < -0.4 is 24.8 Å². The Morgan fingerprint density at radius 1 is 0.923 bits per heavy atom. The molecule has 6 nitrogen and oxygen atoms in total. The summed E-state index contributed by atoms with van der Waals surface area (Å²) in [5, 5.41) is 6.20. The quantitative estimate of drug-likeness (QED) is 0.780. The Kier molecular flexibility index (Phi) is 6.21. The zero-order chi connectivity index (χ0) is 19.3. The Labute approximate surface area is 158 Å². The van der Waals surface area contributed by atoms with Crippen molar-refractivity contribution in [2.75, 3.05) is 26.6 Å². The van der Waals surface area contributed by atoms with Gasteiger partial charge in [0.2, 0.25) is 0 Å². The Bertz CT molecular complexity index is 793. The van der Waals surface area contributed by atoms with Crippen LogP contribution in [0.15, 0.2) is 36.4 Å². The van der Waals surface area contributed by atoms with E-state index in [-0.39, 0.29) is 6.03 Å². The van der Waals surface area contributed by atoms with Gasteiger partial charge in [-0.05, 0) is 49.7 Å². The molecular weight excluding hydrogens is 356 g/mol. The molecule has 2 aromatic rings. The normalized spacial score (nSPS) is 10.8. The van der Waals surface area contributed by atoms with E-state index < -0.39 is 5.54 Å². The molecule has 140 valence electrons.